The Balaban J connectivity index is 1.09. The number of urea groups is 1. The smallest absolute Gasteiger partial charge is 0.408 e. The van der Waals surface area contributed by atoms with Crippen LogP contribution in [0.3, 0.4) is 0 Å². The molecule has 0 aliphatic heterocycles. The highest BCUT2D eigenvalue weighted by Crippen LogP contribution is 2.54. The highest BCUT2D eigenvalue weighted by Gasteiger charge is 2.50. The van der Waals surface area contributed by atoms with Gasteiger partial charge in [0, 0.05) is 53.3 Å². The Labute approximate surface area is 287 Å². The number of H-pyrrole nitrogens is 1. The van der Waals surface area contributed by atoms with Crippen LogP contribution in [-0.2, 0) is 16.0 Å². The molecule has 4 bridgehead atoms. The van der Waals surface area contributed by atoms with Crippen LogP contribution in [0, 0.1) is 30.6 Å². The minimum Gasteiger partial charge on any atom is -0.446 e. The second-order valence-electron chi connectivity index (χ2n) is 14.6. The zero-order valence-corrected chi connectivity index (χ0v) is 28.4. The normalized spacial score (nSPS) is 23.9. The Hall–Kier alpha value is -4.70. The molecule has 4 fully saturated rings. The number of carbonyl (C=O) groups excluding carboxylic acids is 3. The highest BCUT2D eigenvalue weighted by atomic mass is 16.6. The van der Waals surface area contributed by atoms with Gasteiger partial charge in [-0.2, -0.15) is 0 Å². The first kappa shape index (κ1) is 34.2. The van der Waals surface area contributed by atoms with Crippen molar-refractivity contribution in [1.82, 2.24) is 20.9 Å². The molecule has 4 saturated carbocycles. The van der Waals surface area contributed by atoms with Crippen molar-refractivity contribution >= 4 is 34.6 Å². The number of alkyl carbamates (subject to hydrolysis) is 1. The van der Waals surface area contributed by atoms with Crippen molar-refractivity contribution in [3.63, 3.8) is 0 Å². The van der Waals surface area contributed by atoms with Crippen molar-refractivity contribution < 1.29 is 19.1 Å². The van der Waals surface area contributed by atoms with E-state index in [4.69, 9.17) is 10.3 Å². The van der Waals surface area contributed by atoms with Gasteiger partial charge in [0.05, 0.1) is 0 Å². The number of amides is 4. The maximum absolute atomic E-state index is 14.2. The van der Waals surface area contributed by atoms with E-state index in [-0.39, 0.29) is 31.0 Å². The van der Waals surface area contributed by atoms with Gasteiger partial charge >= 0.3 is 12.1 Å². The van der Waals surface area contributed by atoms with E-state index in [0.717, 1.165) is 65.2 Å². The number of para-hydroxylation sites is 2. The molecule has 0 unspecified atom stereocenters. The number of rotatable bonds is 14. The second-order valence-corrected chi connectivity index (χ2v) is 14.6. The lowest BCUT2D eigenvalue weighted by molar-refractivity contribution is -0.128. The molecule has 4 amide bonds. The minimum absolute atomic E-state index is 0.0603. The first-order chi connectivity index (χ1) is 23.7. The van der Waals surface area contributed by atoms with Crippen molar-refractivity contribution in [2.75, 3.05) is 18.4 Å². The van der Waals surface area contributed by atoms with E-state index >= 15 is 0 Å². The maximum atomic E-state index is 14.2. The van der Waals surface area contributed by atoms with Gasteiger partial charge < -0.3 is 31.0 Å². The van der Waals surface area contributed by atoms with Crippen LogP contribution in [0.1, 0.15) is 69.4 Å². The molecule has 1 aromatic heterocycles. The summed E-state index contributed by atoms with van der Waals surface area (Å²) >= 11 is 0. The van der Waals surface area contributed by atoms with Crippen molar-refractivity contribution in [2.45, 2.75) is 89.3 Å². The van der Waals surface area contributed by atoms with Crippen LogP contribution in [0.5, 0.6) is 0 Å². The quantitative estimate of drug-likeness (QED) is 0.0533. The number of nitrogens with one attached hydrogen (secondary N) is 5. The van der Waals surface area contributed by atoms with Gasteiger partial charge in [0.2, 0.25) is 5.91 Å². The number of ether oxygens (including phenoxy) is 1. The largest absolute Gasteiger partial charge is 0.446 e. The highest BCUT2D eigenvalue weighted by molar-refractivity contribution is 5.92. The molecule has 0 saturated heterocycles. The van der Waals surface area contributed by atoms with Gasteiger partial charge in [-0.3, -0.25) is 4.79 Å². The molecule has 4 aliphatic rings. The molecule has 2 atom stereocenters. The average Bonchev–Trinajstić information content (AvgIpc) is 3.47. The number of carbonyl (C=O) groups is 3. The molecule has 12 heteroatoms. The number of aromatic nitrogens is 1. The first-order valence-electron chi connectivity index (χ1n) is 17.7. The van der Waals surface area contributed by atoms with E-state index in [1.807, 2.05) is 61.7 Å². The van der Waals surface area contributed by atoms with Crippen LogP contribution in [0.4, 0.5) is 15.3 Å². The summed E-state index contributed by atoms with van der Waals surface area (Å²) in [5.74, 6) is 1.92. The van der Waals surface area contributed by atoms with Gasteiger partial charge in [0.15, 0.2) is 0 Å². The fourth-order valence-electron chi connectivity index (χ4n) is 8.57. The van der Waals surface area contributed by atoms with Gasteiger partial charge in [-0.25, -0.2) is 9.59 Å². The van der Waals surface area contributed by atoms with Gasteiger partial charge in [-0.05, 0) is 118 Å². The third-order valence-corrected chi connectivity index (χ3v) is 10.8. The lowest BCUT2D eigenvalue weighted by Gasteiger charge is -2.53. The Kier molecular flexibility index (Phi) is 10.6. The number of unbranched alkanes of at least 4 members (excludes halogenated alkanes) is 1. The van der Waals surface area contributed by atoms with Crippen molar-refractivity contribution in [1.29, 1.82) is 0 Å². The summed E-state index contributed by atoms with van der Waals surface area (Å²) in [4.78, 5) is 46.3. The summed E-state index contributed by atoms with van der Waals surface area (Å²) in [6, 6.07) is 14.7. The number of azide groups is 1. The van der Waals surface area contributed by atoms with E-state index in [2.05, 4.69) is 36.3 Å². The van der Waals surface area contributed by atoms with Crippen LogP contribution >= 0.6 is 0 Å². The van der Waals surface area contributed by atoms with Crippen LogP contribution < -0.4 is 21.3 Å². The summed E-state index contributed by atoms with van der Waals surface area (Å²) in [7, 11) is 0. The fourth-order valence-corrected chi connectivity index (χ4v) is 8.57. The fraction of sp³-hybridized carbons (Fsp3) is 0.541. The minimum atomic E-state index is -1.35. The number of hydrogen-bond acceptors (Lipinski definition) is 5. The Morgan fingerprint density at radius 3 is 2.47 bits per heavy atom. The zero-order valence-electron chi connectivity index (χ0n) is 28.4. The van der Waals surface area contributed by atoms with E-state index in [1.54, 1.807) is 6.92 Å². The molecule has 260 valence electrons. The number of hydrogen-bond donors (Lipinski definition) is 5. The van der Waals surface area contributed by atoms with Gasteiger partial charge in [-0.1, -0.05) is 41.5 Å². The Morgan fingerprint density at radius 2 is 1.73 bits per heavy atom. The summed E-state index contributed by atoms with van der Waals surface area (Å²) in [5, 5.41) is 16.5. The maximum Gasteiger partial charge on any atom is 0.408 e. The molecule has 1 heterocycles. The summed E-state index contributed by atoms with van der Waals surface area (Å²) in [6.07, 6.45) is 9.04. The number of aryl methyl sites for hydroxylation is 1. The van der Waals surface area contributed by atoms with Crippen LogP contribution in [0.25, 0.3) is 21.3 Å². The zero-order chi connectivity index (χ0) is 34.4. The monoisotopic (exact) mass is 668 g/mol. The predicted octanol–water partition coefficient (Wildman–Crippen LogP) is 7.12. The predicted molar refractivity (Wildman–Crippen MR) is 189 cm³/mol. The van der Waals surface area contributed by atoms with Crippen molar-refractivity contribution in [3.05, 3.63) is 76.3 Å². The van der Waals surface area contributed by atoms with E-state index in [1.165, 1.54) is 6.42 Å². The standard InChI is InChI=1S/C37H48N8O4/c1-23-9-3-5-12-31(23)43-35(47)39-14-8-7-10-29(22-41-45-38)42-34(46)37(2,20-28-21-40-32-13-6-4-11-30(28)32)44-36(48)49-33-26-16-24-15-25(18-26)19-27(33)17-24/h3-6,9,11-13,21,24-27,29,33,40H,7-8,10,14-20,22H2,1-2H3,(H,42,46)(H,44,48)(H2,39,43,47)/t24?,25?,26?,27?,29-,33?,37+/m0/s1. The molecule has 7 rings (SSSR count). The van der Waals surface area contributed by atoms with E-state index in [0.29, 0.717) is 37.6 Å². The summed E-state index contributed by atoms with van der Waals surface area (Å²) in [5.41, 5.74) is 11.3. The molecular formula is C37H48N8O4. The molecule has 0 radical (unpaired) electrons. The topological polar surface area (TPSA) is 173 Å². The first-order valence-corrected chi connectivity index (χ1v) is 17.7. The number of aromatic amines is 1. The van der Waals surface area contributed by atoms with Gasteiger partial charge in [-0.15, -0.1) is 0 Å². The van der Waals surface area contributed by atoms with Crippen molar-refractivity contribution in [2.24, 2.45) is 28.8 Å². The molecular weight excluding hydrogens is 620 g/mol. The Morgan fingerprint density at radius 1 is 1.02 bits per heavy atom. The molecule has 0 spiro atoms. The van der Waals surface area contributed by atoms with E-state index < -0.39 is 17.7 Å². The second kappa shape index (κ2) is 15.2. The molecule has 49 heavy (non-hydrogen) atoms. The lowest BCUT2D eigenvalue weighted by atomic mass is 9.55. The number of benzene rings is 2. The van der Waals surface area contributed by atoms with Gasteiger partial charge in [0.1, 0.15) is 11.6 Å². The van der Waals surface area contributed by atoms with Crippen LogP contribution in [-0.4, -0.2) is 53.8 Å². The third kappa shape index (κ3) is 8.31. The molecule has 4 aliphatic carbocycles. The Bertz CT molecular complexity index is 1670. The molecule has 3 aromatic rings. The summed E-state index contributed by atoms with van der Waals surface area (Å²) < 4.78 is 6.16. The van der Waals surface area contributed by atoms with E-state index in [9.17, 15) is 14.4 Å². The number of fused-ring (bicyclic) bond motifs is 1. The average molecular weight is 669 g/mol. The summed E-state index contributed by atoms with van der Waals surface area (Å²) in [6.45, 7) is 4.16. The van der Waals surface area contributed by atoms with Gasteiger partial charge in [0.25, 0.3) is 0 Å². The number of anilines is 1. The van der Waals surface area contributed by atoms with Crippen LogP contribution in [0.2, 0.25) is 0 Å². The molecule has 12 nitrogen and oxygen atoms in total. The third-order valence-electron chi connectivity index (χ3n) is 10.8. The lowest BCUT2D eigenvalue weighted by Crippen LogP contribution is -2.61. The van der Waals surface area contributed by atoms with Crippen LogP contribution in [0.15, 0.2) is 59.8 Å². The number of nitrogens with zero attached hydrogens (tertiary/aromatic N) is 3. The molecule has 2 aromatic carbocycles. The SMILES string of the molecule is Cc1ccccc1NC(=O)NCCCC[C@@H](CN=[N+]=[N-])NC(=O)[C@@](C)(Cc1c[nH]c2ccccc12)NC(=O)OC1C2CC3CC(C2)CC1C3. The van der Waals surface area contributed by atoms with Crippen molar-refractivity contribution in [3.8, 4) is 0 Å². The molecule has 5 N–H and O–H groups in total.